The average Bonchev–Trinajstić information content (AvgIpc) is 2.58. The topological polar surface area (TPSA) is 61.8 Å². The second kappa shape index (κ2) is 8.63. The number of piperidine rings is 1. The van der Waals surface area contributed by atoms with Crippen LogP contribution in [0, 0.1) is 5.92 Å². The summed E-state index contributed by atoms with van der Waals surface area (Å²) < 4.78 is 5.20. The molecule has 2 N–H and O–H groups in total. The number of hydrogen-bond acceptors (Lipinski definition) is 3. The number of nitrogens with zero attached hydrogens (tertiary/aromatic N) is 1. The number of urea groups is 1. The number of nitrogens with one attached hydrogen (secondary N) is 1. The number of methoxy groups -OCH3 is 1. The van der Waals surface area contributed by atoms with E-state index in [1.54, 1.807) is 7.11 Å². The highest BCUT2D eigenvalue weighted by molar-refractivity contribution is 5.74. The molecule has 2 rings (SSSR count). The van der Waals surface area contributed by atoms with Crippen LogP contribution < -0.4 is 10.1 Å². The van der Waals surface area contributed by atoms with Gasteiger partial charge in [-0.25, -0.2) is 4.79 Å². The fourth-order valence-electron chi connectivity index (χ4n) is 2.83. The third kappa shape index (κ3) is 4.91. The lowest BCUT2D eigenvalue weighted by molar-refractivity contribution is 0.129. The molecule has 5 heteroatoms. The Balaban J connectivity index is 1.68. The number of aryl methyl sites for hydroxylation is 1. The molecule has 1 aliphatic heterocycles. The van der Waals surface area contributed by atoms with Crippen LogP contribution in [0.1, 0.15) is 24.8 Å². The first-order valence-corrected chi connectivity index (χ1v) is 7.99. The van der Waals surface area contributed by atoms with Gasteiger partial charge in [-0.15, -0.1) is 0 Å². The van der Waals surface area contributed by atoms with E-state index in [1.165, 1.54) is 5.56 Å². The predicted octanol–water partition coefficient (Wildman–Crippen LogP) is 2.04. The highest BCUT2D eigenvalue weighted by Crippen LogP contribution is 2.16. The smallest absolute Gasteiger partial charge is 0.317 e. The highest BCUT2D eigenvalue weighted by atomic mass is 16.5. The maximum absolute atomic E-state index is 12.1. The molecule has 122 valence electrons. The van der Waals surface area contributed by atoms with Gasteiger partial charge in [-0.05, 0) is 49.3 Å². The molecule has 0 aliphatic carbocycles. The molecule has 0 saturated carbocycles. The molecule has 22 heavy (non-hydrogen) atoms. The summed E-state index contributed by atoms with van der Waals surface area (Å²) in [6.07, 6.45) is 3.80. The summed E-state index contributed by atoms with van der Waals surface area (Å²) >= 11 is 0. The van der Waals surface area contributed by atoms with Crippen molar-refractivity contribution in [2.24, 2.45) is 5.92 Å². The van der Waals surface area contributed by atoms with Crippen molar-refractivity contribution in [1.29, 1.82) is 0 Å². The van der Waals surface area contributed by atoms with Gasteiger partial charge in [-0.3, -0.25) is 0 Å². The second-order valence-electron chi connectivity index (χ2n) is 5.82. The van der Waals surface area contributed by atoms with Crippen molar-refractivity contribution in [3.8, 4) is 5.75 Å². The zero-order valence-corrected chi connectivity index (χ0v) is 13.3. The molecule has 0 radical (unpaired) electrons. The van der Waals surface area contributed by atoms with Crippen LogP contribution in [0.25, 0.3) is 0 Å². The SMILES string of the molecule is COc1cccc(CCCNC(=O)N2CCCC(CO)C2)c1. The number of ether oxygens (including phenoxy) is 1. The molecule has 0 aromatic heterocycles. The Bertz CT molecular complexity index is 479. The van der Waals surface area contributed by atoms with E-state index in [2.05, 4.69) is 11.4 Å². The summed E-state index contributed by atoms with van der Waals surface area (Å²) in [6.45, 7) is 2.28. The maximum atomic E-state index is 12.1. The molecular formula is C17H26N2O3. The van der Waals surface area contributed by atoms with E-state index in [4.69, 9.17) is 4.74 Å². The summed E-state index contributed by atoms with van der Waals surface area (Å²) in [5, 5.41) is 12.2. The highest BCUT2D eigenvalue weighted by Gasteiger charge is 2.22. The lowest BCUT2D eigenvalue weighted by Crippen LogP contribution is -2.46. The third-order valence-corrected chi connectivity index (χ3v) is 4.12. The van der Waals surface area contributed by atoms with Gasteiger partial charge in [-0.1, -0.05) is 12.1 Å². The average molecular weight is 306 g/mol. The zero-order chi connectivity index (χ0) is 15.8. The lowest BCUT2D eigenvalue weighted by Gasteiger charge is -2.31. The molecule has 1 aromatic carbocycles. The van der Waals surface area contributed by atoms with Crippen LogP contribution in [0.5, 0.6) is 5.75 Å². The van der Waals surface area contributed by atoms with E-state index in [-0.39, 0.29) is 18.6 Å². The molecule has 1 heterocycles. The van der Waals surface area contributed by atoms with Crippen molar-refractivity contribution in [2.45, 2.75) is 25.7 Å². The summed E-state index contributed by atoms with van der Waals surface area (Å²) in [5.41, 5.74) is 1.21. The minimum Gasteiger partial charge on any atom is -0.497 e. The van der Waals surface area contributed by atoms with E-state index in [0.717, 1.165) is 38.0 Å². The monoisotopic (exact) mass is 306 g/mol. The molecule has 5 nitrogen and oxygen atoms in total. The molecule has 1 saturated heterocycles. The van der Waals surface area contributed by atoms with Gasteiger partial charge in [0, 0.05) is 26.2 Å². The number of rotatable bonds is 6. The number of carbonyl (C=O) groups is 1. The van der Waals surface area contributed by atoms with Crippen LogP contribution in [-0.2, 0) is 6.42 Å². The third-order valence-electron chi connectivity index (χ3n) is 4.12. The Kier molecular flexibility index (Phi) is 6.52. The molecule has 2 amide bonds. The van der Waals surface area contributed by atoms with E-state index >= 15 is 0 Å². The molecule has 1 fully saturated rings. The van der Waals surface area contributed by atoms with Gasteiger partial charge in [0.1, 0.15) is 5.75 Å². The fraction of sp³-hybridized carbons (Fsp3) is 0.588. The summed E-state index contributed by atoms with van der Waals surface area (Å²) in [6, 6.07) is 8.00. The van der Waals surface area contributed by atoms with E-state index < -0.39 is 0 Å². The van der Waals surface area contributed by atoms with Gasteiger partial charge in [0.2, 0.25) is 0 Å². The predicted molar refractivity (Wildman–Crippen MR) is 86.1 cm³/mol. The first kappa shape index (κ1) is 16.6. The second-order valence-corrected chi connectivity index (χ2v) is 5.82. The molecule has 1 unspecified atom stereocenters. The van der Waals surface area contributed by atoms with Crippen LogP contribution in [-0.4, -0.2) is 49.4 Å². The maximum Gasteiger partial charge on any atom is 0.317 e. The van der Waals surface area contributed by atoms with Crippen molar-refractivity contribution in [1.82, 2.24) is 10.2 Å². The van der Waals surface area contributed by atoms with Crippen molar-refractivity contribution < 1.29 is 14.6 Å². The molecule has 0 bridgehead atoms. The van der Waals surface area contributed by atoms with Gasteiger partial charge in [0.05, 0.1) is 7.11 Å². The summed E-state index contributed by atoms with van der Waals surface area (Å²) in [4.78, 5) is 13.9. The summed E-state index contributed by atoms with van der Waals surface area (Å²) in [7, 11) is 1.66. The van der Waals surface area contributed by atoms with Crippen LogP contribution in [0.15, 0.2) is 24.3 Å². The van der Waals surface area contributed by atoms with Crippen molar-refractivity contribution >= 4 is 6.03 Å². The number of aliphatic hydroxyl groups excluding tert-OH is 1. The lowest BCUT2D eigenvalue weighted by atomic mass is 9.99. The van der Waals surface area contributed by atoms with Gasteiger partial charge < -0.3 is 20.1 Å². The normalized spacial score (nSPS) is 18.1. The van der Waals surface area contributed by atoms with Crippen molar-refractivity contribution in [3.05, 3.63) is 29.8 Å². The van der Waals surface area contributed by atoms with E-state index in [1.807, 2.05) is 23.1 Å². The number of benzene rings is 1. The Morgan fingerprint density at radius 2 is 2.36 bits per heavy atom. The number of carbonyl (C=O) groups excluding carboxylic acids is 1. The quantitative estimate of drug-likeness (QED) is 0.791. The van der Waals surface area contributed by atoms with Crippen LogP contribution in [0.4, 0.5) is 4.79 Å². The fourth-order valence-corrected chi connectivity index (χ4v) is 2.83. The summed E-state index contributed by atoms with van der Waals surface area (Å²) in [5.74, 6) is 1.10. The molecule has 1 aromatic rings. The van der Waals surface area contributed by atoms with Gasteiger partial charge in [0.15, 0.2) is 0 Å². The minimum atomic E-state index is -0.0104. The van der Waals surface area contributed by atoms with Crippen LogP contribution >= 0.6 is 0 Å². The van der Waals surface area contributed by atoms with Gasteiger partial charge in [-0.2, -0.15) is 0 Å². The zero-order valence-electron chi connectivity index (χ0n) is 13.3. The number of hydrogen-bond donors (Lipinski definition) is 2. The Morgan fingerprint density at radius 1 is 1.50 bits per heavy atom. The van der Waals surface area contributed by atoms with Crippen molar-refractivity contribution in [3.63, 3.8) is 0 Å². The molecule has 1 atom stereocenters. The molecular weight excluding hydrogens is 280 g/mol. The number of amides is 2. The van der Waals surface area contributed by atoms with Crippen LogP contribution in [0.2, 0.25) is 0 Å². The largest absolute Gasteiger partial charge is 0.497 e. The van der Waals surface area contributed by atoms with E-state index in [0.29, 0.717) is 13.1 Å². The molecule has 1 aliphatic rings. The van der Waals surface area contributed by atoms with Gasteiger partial charge in [0.25, 0.3) is 0 Å². The Hall–Kier alpha value is -1.75. The van der Waals surface area contributed by atoms with Crippen LogP contribution in [0.3, 0.4) is 0 Å². The van der Waals surface area contributed by atoms with Gasteiger partial charge >= 0.3 is 6.03 Å². The number of likely N-dealkylation sites (tertiary alicyclic amines) is 1. The van der Waals surface area contributed by atoms with E-state index in [9.17, 15) is 9.90 Å². The number of aliphatic hydroxyl groups is 1. The molecule has 0 spiro atoms. The minimum absolute atomic E-state index is 0.0104. The first-order valence-electron chi connectivity index (χ1n) is 7.99. The standard InChI is InChI=1S/C17H26N2O3/c1-22-16-8-2-5-14(11-16)6-3-9-18-17(21)19-10-4-7-15(12-19)13-20/h2,5,8,11,15,20H,3-4,6-7,9-10,12-13H2,1H3,(H,18,21). The Labute approximate surface area is 132 Å². The van der Waals surface area contributed by atoms with Crippen molar-refractivity contribution in [2.75, 3.05) is 33.4 Å². The first-order chi connectivity index (χ1) is 10.7. The Morgan fingerprint density at radius 3 is 3.14 bits per heavy atom.